The van der Waals surface area contributed by atoms with Gasteiger partial charge in [-0.25, -0.2) is 10.2 Å². The van der Waals surface area contributed by atoms with Crippen molar-refractivity contribution in [1.82, 2.24) is 5.43 Å². The Hall–Kier alpha value is -4.25. The molecule has 0 atom stereocenters. The van der Waals surface area contributed by atoms with Crippen LogP contribution in [0.15, 0.2) is 96.1 Å². The molecule has 0 aliphatic rings. The van der Waals surface area contributed by atoms with Crippen LogP contribution in [0.4, 0.5) is 0 Å². The molecule has 0 radical (unpaired) electrons. The first-order valence-corrected chi connectivity index (χ1v) is 9.81. The number of nitrogens with one attached hydrogen (secondary N) is 1. The number of carbonyl (C=O) groups excluding carboxylic acids is 2. The molecule has 1 N–H and O–H groups in total. The molecule has 4 aromatic rings. The molecule has 5 nitrogen and oxygen atoms in total. The van der Waals surface area contributed by atoms with E-state index in [1.54, 1.807) is 42.5 Å². The highest BCUT2D eigenvalue weighted by Gasteiger charge is 2.13. The van der Waals surface area contributed by atoms with Gasteiger partial charge in [0.1, 0.15) is 5.75 Å². The summed E-state index contributed by atoms with van der Waals surface area (Å²) < 4.78 is 5.66. The minimum atomic E-state index is -0.463. The predicted molar refractivity (Wildman–Crippen MR) is 122 cm³/mol. The monoisotopic (exact) mass is 408 g/mol. The number of hydrogen-bond acceptors (Lipinski definition) is 4. The van der Waals surface area contributed by atoms with E-state index in [-0.39, 0.29) is 5.91 Å². The van der Waals surface area contributed by atoms with E-state index in [0.29, 0.717) is 22.4 Å². The van der Waals surface area contributed by atoms with Crippen molar-refractivity contribution in [3.63, 3.8) is 0 Å². The number of amides is 1. The van der Waals surface area contributed by atoms with Crippen molar-refractivity contribution in [2.24, 2.45) is 5.10 Å². The van der Waals surface area contributed by atoms with E-state index in [2.05, 4.69) is 10.5 Å². The van der Waals surface area contributed by atoms with E-state index in [1.165, 1.54) is 6.21 Å². The molecule has 31 heavy (non-hydrogen) atoms. The van der Waals surface area contributed by atoms with Gasteiger partial charge in [-0.1, -0.05) is 66.7 Å². The van der Waals surface area contributed by atoms with Gasteiger partial charge in [0.25, 0.3) is 5.91 Å². The minimum Gasteiger partial charge on any atom is -0.422 e. The molecule has 0 aromatic heterocycles. The van der Waals surface area contributed by atoms with E-state index in [9.17, 15) is 9.59 Å². The lowest BCUT2D eigenvalue weighted by atomic mass is 10.0. The second-order valence-corrected chi connectivity index (χ2v) is 6.97. The van der Waals surface area contributed by atoms with Crippen LogP contribution in [0.1, 0.15) is 31.8 Å². The second kappa shape index (κ2) is 9.05. The van der Waals surface area contributed by atoms with Crippen molar-refractivity contribution in [2.45, 2.75) is 6.92 Å². The summed E-state index contributed by atoms with van der Waals surface area (Å²) in [5, 5.41) is 5.96. The fourth-order valence-corrected chi connectivity index (χ4v) is 3.27. The number of hydrogen-bond donors (Lipinski definition) is 1. The van der Waals surface area contributed by atoms with E-state index in [1.807, 2.05) is 55.5 Å². The zero-order valence-corrected chi connectivity index (χ0v) is 16.9. The summed E-state index contributed by atoms with van der Waals surface area (Å²) in [6.45, 7) is 1.87. The lowest BCUT2D eigenvalue weighted by Crippen LogP contribution is -2.18. The van der Waals surface area contributed by atoms with Gasteiger partial charge in [-0.2, -0.15) is 5.10 Å². The van der Waals surface area contributed by atoms with Gasteiger partial charge in [0, 0.05) is 11.1 Å². The summed E-state index contributed by atoms with van der Waals surface area (Å²) in [6, 6.07) is 27.4. The van der Waals surface area contributed by atoms with Gasteiger partial charge in [0.15, 0.2) is 0 Å². The number of rotatable bonds is 5. The van der Waals surface area contributed by atoms with Crippen molar-refractivity contribution in [3.8, 4) is 5.75 Å². The molecule has 0 unspecified atom stereocenters. The van der Waals surface area contributed by atoms with Crippen LogP contribution in [0, 0.1) is 6.92 Å². The van der Waals surface area contributed by atoms with Crippen LogP contribution >= 0.6 is 0 Å². The van der Waals surface area contributed by atoms with Crippen LogP contribution in [-0.4, -0.2) is 18.1 Å². The quantitative estimate of drug-likeness (QED) is 0.215. The number of ether oxygens (including phenoxy) is 1. The van der Waals surface area contributed by atoms with E-state index >= 15 is 0 Å². The van der Waals surface area contributed by atoms with Crippen LogP contribution in [0.5, 0.6) is 5.75 Å². The van der Waals surface area contributed by atoms with Gasteiger partial charge in [-0.15, -0.1) is 0 Å². The SMILES string of the molecule is Cc1ccccc1C(=O)N/N=C/c1c(OC(=O)c2ccccc2)ccc2ccccc12. The third-order valence-electron chi connectivity index (χ3n) is 4.89. The zero-order valence-electron chi connectivity index (χ0n) is 16.9. The largest absolute Gasteiger partial charge is 0.422 e. The Morgan fingerprint density at radius 2 is 1.55 bits per heavy atom. The van der Waals surface area contributed by atoms with Crippen molar-refractivity contribution in [3.05, 3.63) is 113 Å². The summed E-state index contributed by atoms with van der Waals surface area (Å²) in [5.41, 5.74) is 5.02. The minimum absolute atomic E-state index is 0.308. The Kier molecular flexibility index (Phi) is 5.85. The Morgan fingerprint density at radius 1 is 0.839 bits per heavy atom. The molecule has 0 aliphatic carbocycles. The summed E-state index contributed by atoms with van der Waals surface area (Å²) in [4.78, 5) is 25.0. The number of hydrazone groups is 1. The number of nitrogens with zero attached hydrogens (tertiary/aromatic N) is 1. The summed E-state index contributed by atoms with van der Waals surface area (Å²) in [7, 11) is 0. The third-order valence-corrected chi connectivity index (χ3v) is 4.89. The van der Waals surface area contributed by atoms with Gasteiger partial charge in [0.05, 0.1) is 11.8 Å². The number of benzene rings is 4. The molecule has 0 fully saturated rings. The number of aryl methyl sites for hydroxylation is 1. The molecular formula is C26H20N2O3. The van der Waals surface area contributed by atoms with Crippen LogP contribution in [0.2, 0.25) is 0 Å². The smallest absolute Gasteiger partial charge is 0.343 e. The van der Waals surface area contributed by atoms with Crippen LogP contribution < -0.4 is 10.2 Å². The standard InChI is InChI=1S/C26H20N2O3/c1-18-9-5-7-13-21(18)25(29)28-27-17-23-22-14-8-6-10-19(22)15-16-24(23)31-26(30)20-11-3-2-4-12-20/h2-17H,1H3,(H,28,29)/b27-17+. The topological polar surface area (TPSA) is 67.8 Å². The molecule has 0 bridgehead atoms. The Bertz CT molecular complexity index is 1280. The molecule has 1 amide bonds. The Balaban J connectivity index is 1.64. The molecule has 0 saturated carbocycles. The number of esters is 1. The van der Waals surface area contributed by atoms with Crippen LogP contribution in [0.25, 0.3) is 10.8 Å². The lowest BCUT2D eigenvalue weighted by molar-refractivity contribution is 0.0734. The van der Waals surface area contributed by atoms with Gasteiger partial charge in [-0.3, -0.25) is 4.79 Å². The van der Waals surface area contributed by atoms with E-state index in [4.69, 9.17) is 4.74 Å². The summed E-state index contributed by atoms with van der Waals surface area (Å²) >= 11 is 0. The molecule has 4 rings (SSSR count). The van der Waals surface area contributed by atoms with Crippen molar-refractivity contribution in [2.75, 3.05) is 0 Å². The second-order valence-electron chi connectivity index (χ2n) is 6.97. The van der Waals surface area contributed by atoms with Crippen LogP contribution in [-0.2, 0) is 0 Å². The first kappa shape index (κ1) is 20.0. The van der Waals surface area contributed by atoms with E-state index < -0.39 is 5.97 Å². The maximum atomic E-state index is 12.6. The zero-order chi connectivity index (χ0) is 21.6. The highest BCUT2D eigenvalue weighted by Crippen LogP contribution is 2.27. The Morgan fingerprint density at radius 3 is 2.35 bits per heavy atom. The molecule has 0 aliphatic heterocycles. The molecule has 152 valence electrons. The molecular weight excluding hydrogens is 388 g/mol. The highest BCUT2D eigenvalue weighted by atomic mass is 16.5. The fraction of sp³-hybridized carbons (Fsp3) is 0.0385. The average molecular weight is 408 g/mol. The van der Waals surface area contributed by atoms with Crippen LogP contribution in [0.3, 0.4) is 0 Å². The average Bonchev–Trinajstić information content (AvgIpc) is 2.81. The first-order chi connectivity index (χ1) is 15.1. The highest BCUT2D eigenvalue weighted by molar-refractivity contribution is 6.04. The molecule has 5 heteroatoms. The fourth-order valence-electron chi connectivity index (χ4n) is 3.27. The van der Waals surface area contributed by atoms with Gasteiger partial charge >= 0.3 is 5.97 Å². The third kappa shape index (κ3) is 4.51. The van der Waals surface area contributed by atoms with Crippen molar-refractivity contribution < 1.29 is 14.3 Å². The molecule has 0 saturated heterocycles. The van der Waals surface area contributed by atoms with Gasteiger partial charge in [-0.05, 0) is 47.5 Å². The van der Waals surface area contributed by atoms with E-state index in [0.717, 1.165) is 16.3 Å². The lowest BCUT2D eigenvalue weighted by Gasteiger charge is -2.10. The number of fused-ring (bicyclic) bond motifs is 1. The molecule has 0 heterocycles. The Labute approximate surface area is 180 Å². The maximum absolute atomic E-state index is 12.6. The van der Waals surface area contributed by atoms with Gasteiger partial charge < -0.3 is 4.74 Å². The van der Waals surface area contributed by atoms with Gasteiger partial charge in [0.2, 0.25) is 0 Å². The first-order valence-electron chi connectivity index (χ1n) is 9.81. The number of carbonyl (C=O) groups is 2. The molecule has 0 spiro atoms. The maximum Gasteiger partial charge on any atom is 0.343 e. The summed E-state index contributed by atoms with van der Waals surface area (Å²) in [6.07, 6.45) is 1.51. The summed E-state index contributed by atoms with van der Waals surface area (Å²) in [5.74, 6) is -0.409. The van der Waals surface area contributed by atoms with Crippen molar-refractivity contribution >= 4 is 28.9 Å². The normalized spacial score (nSPS) is 10.9. The predicted octanol–water partition coefficient (Wildman–Crippen LogP) is 5.13. The molecule has 4 aromatic carbocycles. The van der Waals surface area contributed by atoms with Crippen molar-refractivity contribution in [1.29, 1.82) is 0 Å².